The van der Waals surface area contributed by atoms with Crippen molar-refractivity contribution in [2.24, 2.45) is 5.16 Å². The lowest BCUT2D eigenvalue weighted by Crippen LogP contribution is -2.19. The molecule has 0 radical (unpaired) electrons. The molecule has 0 amide bonds. The van der Waals surface area contributed by atoms with Crippen LogP contribution in [0.5, 0.6) is 5.75 Å². The highest BCUT2D eigenvalue weighted by Gasteiger charge is 2.10. The highest BCUT2D eigenvalue weighted by Crippen LogP contribution is 2.17. The second kappa shape index (κ2) is 6.48. The second-order valence-corrected chi connectivity index (χ2v) is 3.97. The van der Waals surface area contributed by atoms with Crippen LogP contribution < -0.4 is 4.84 Å². The summed E-state index contributed by atoms with van der Waals surface area (Å²) in [5.74, 6) is -0.279. The maximum Gasteiger partial charge on any atom is 0.356 e. The average Bonchev–Trinajstić information content (AvgIpc) is 2.35. The van der Waals surface area contributed by atoms with Gasteiger partial charge in [0.05, 0.1) is 11.0 Å². The van der Waals surface area contributed by atoms with Gasteiger partial charge in [-0.3, -0.25) is 10.1 Å². The molecule has 0 aromatic heterocycles. The number of ether oxygens (including phenoxy) is 1. The summed E-state index contributed by atoms with van der Waals surface area (Å²) in [7, 11) is 0. The van der Waals surface area contributed by atoms with Crippen LogP contribution in [0.15, 0.2) is 29.4 Å². The molecule has 1 aromatic carbocycles. The van der Waals surface area contributed by atoms with Crippen LogP contribution in [0.4, 0.5) is 5.69 Å². The average molecular weight is 266 g/mol. The summed E-state index contributed by atoms with van der Waals surface area (Å²) in [6, 6.07) is 5.35. The van der Waals surface area contributed by atoms with E-state index >= 15 is 0 Å². The van der Waals surface area contributed by atoms with Crippen molar-refractivity contribution in [3.05, 3.63) is 34.4 Å². The molecule has 1 rings (SSSR count). The lowest BCUT2D eigenvalue weighted by Gasteiger charge is -2.06. The van der Waals surface area contributed by atoms with Crippen molar-refractivity contribution < 1.29 is 19.3 Å². The Bertz CT molecular complexity index is 493. The van der Waals surface area contributed by atoms with Crippen molar-refractivity contribution in [1.82, 2.24) is 0 Å². The molecule has 0 atom stereocenters. The smallest absolute Gasteiger partial charge is 0.356 e. The number of carbonyl (C=O) groups excluding carboxylic acids is 1. The Morgan fingerprint density at radius 2 is 1.89 bits per heavy atom. The molecule has 1 aromatic rings. The summed E-state index contributed by atoms with van der Waals surface area (Å²) in [5.41, 5.74) is 0.0133. The number of hydrogen-bond acceptors (Lipinski definition) is 6. The number of hydrogen-bond donors (Lipinski definition) is 0. The molecule has 0 fully saturated rings. The molecule has 0 aliphatic rings. The van der Waals surface area contributed by atoms with Crippen LogP contribution in [0.2, 0.25) is 0 Å². The fourth-order valence-corrected chi connectivity index (χ4v) is 1.09. The van der Waals surface area contributed by atoms with Gasteiger partial charge in [-0.15, -0.1) is 0 Å². The maximum absolute atomic E-state index is 11.4. The molecular weight excluding hydrogens is 252 g/mol. The van der Waals surface area contributed by atoms with Crippen LogP contribution in [0.3, 0.4) is 0 Å². The normalized spacial score (nSPS) is 11.3. The highest BCUT2D eigenvalue weighted by atomic mass is 16.6. The predicted molar refractivity (Wildman–Crippen MR) is 68.1 cm³/mol. The molecule has 0 unspecified atom stereocenters. The van der Waals surface area contributed by atoms with Crippen LogP contribution >= 0.6 is 0 Å². The van der Waals surface area contributed by atoms with Crippen molar-refractivity contribution in [2.75, 3.05) is 0 Å². The minimum absolute atomic E-state index is 0.0488. The zero-order valence-corrected chi connectivity index (χ0v) is 10.8. The van der Waals surface area contributed by atoms with E-state index in [1.165, 1.54) is 31.2 Å². The zero-order chi connectivity index (χ0) is 14.4. The third kappa shape index (κ3) is 4.74. The molecule has 0 heterocycles. The van der Waals surface area contributed by atoms with Gasteiger partial charge < -0.3 is 9.57 Å². The van der Waals surface area contributed by atoms with E-state index in [1.54, 1.807) is 13.8 Å². The molecule has 7 heteroatoms. The van der Waals surface area contributed by atoms with E-state index in [0.29, 0.717) is 5.75 Å². The summed E-state index contributed by atoms with van der Waals surface area (Å²) < 4.78 is 4.91. The minimum atomic E-state index is -0.572. The number of oxime groups is 1. The lowest BCUT2D eigenvalue weighted by atomic mass is 10.3. The highest BCUT2D eigenvalue weighted by molar-refractivity contribution is 6.35. The molecule has 102 valence electrons. The van der Waals surface area contributed by atoms with E-state index in [9.17, 15) is 14.9 Å². The topological polar surface area (TPSA) is 91.0 Å². The Morgan fingerprint density at radius 3 is 2.37 bits per heavy atom. The van der Waals surface area contributed by atoms with E-state index in [0.717, 1.165) is 0 Å². The van der Waals surface area contributed by atoms with Gasteiger partial charge in [-0.25, -0.2) is 4.79 Å². The fraction of sp³-hybridized carbons (Fsp3) is 0.333. The van der Waals surface area contributed by atoms with Gasteiger partial charge in [0.1, 0.15) is 0 Å². The first-order valence-corrected chi connectivity index (χ1v) is 5.57. The molecule has 7 nitrogen and oxygen atoms in total. The van der Waals surface area contributed by atoms with Gasteiger partial charge in [0.15, 0.2) is 11.5 Å². The SMILES string of the molecule is CC(=NOc1ccc([N+](=O)[O-])cc1)C(=O)OC(C)C. The van der Waals surface area contributed by atoms with Crippen LogP contribution in [0, 0.1) is 10.1 Å². The summed E-state index contributed by atoms with van der Waals surface area (Å²) in [6.07, 6.45) is -0.239. The van der Waals surface area contributed by atoms with Crippen molar-refractivity contribution in [3.8, 4) is 5.75 Å². The quantitative estimate of drug-likeness (QED) is 0.353. The number of esters is 1. The molecule has 0 saturated carbocycles. The number of nitro groups is 1. The zero-order valence-electron chi connectivity index (χ0n) is 10.8. The summed E-state index contributed by atoms with van der Waals surface area (Å²) in [5, 5.41) is 14.0. The van der Waals surface area contributed by atoms with Gasteiger partial charge in [0, 0.05) is 12.1 Å². The van der Waals surface area contributed by atoms with Crippen LogP contribution in [0.1, 0.15) is 20.8 Å². The largest absolute Gasteiger partial charge is 0.458 e. The number of benzene rings is 1. The molecule has 19 heavy (non-hydrogen) atoms. The summed E-state index contributed by atoms with van der Waals surface area (Å²) in [6.45, 7) is 4.90. The number of nitrogens with zero attached hydrogens (tertiary/aromatic N) is 2. The van der Waals surface area contributed by atoms with Gasteiger partial charge in [0.2, 0.25) is 0 Å². The Morgan fingerprint density at radius 1 is 1.32 bits per heavy atom. The third-order valence-electron chi connectivity index (χ3n) is 1.97. The van der Waals surface area contributed by atoms with E-state index in [2.05, 4.69) is 5.16 Å². The number of nitro benzene ring substituents is 1. The maximum atomic E-state index is 11.4. The van der Waals surface area contributed by atoms with Gasteiger partial charge in [-0.1, -0.05) is 5.16 Å². The molecule has 0 aliphatic heterocycles. The predicted octanol–water partition coefficient (Wildman–Crippen LogP) is 2.30. The van der Waals surface area contributed by atoms with E-state index in [1.807, 2.05) is 0 Å². The van der Waals surface area contributed by atoms with Crippen LogP contribution in [0.25, 0.3) is 0 Å². The van der Waals surface area contributed by atoms with Gasteiger partial charge >= 0.3 is 5.97 Å². The van der Waals surface area contributed by atoms with Crippen molar-refractivity contribution in [2.45, 2.75) is 26.9 Å². The number of rotatable bonds is 5. The van der Waals surface area contributed by atoms with E-state index in [-0.39, 0.29) is 17.5 Å². The molecular formula is C12H14N2O5. The first-order valence-electron chi connectivity index (χ1n) is 5.57. The molecule has 0 saturated heterocycles. The van der Waals surface area contributed by atoms with Gasteiger partial charge in [0.25, 0.3) is 5.69 Å². The van der Waals surface area contributed by atoms with Gasteiger partial charge in [-0.2, -0.15) is 0 Å². The second-order valence-electron chi connectivity index (χ2n) is 3.97. The monoisotopic (exact) mass is 266 g/mol. The van der Waals surface area contributed by atoms with E-state index < -0.39 is 10.9 Å². The lowest BCUT2D eigenvalue weighted by molar-refractivity contribution is -0.384. The summed E-state index contributed by atoms with van der Waals surface area (Å²) >= 11 is 0. The Hall–Kier alpha value is -2.44. The Kier molecular flexibility index (Phi) is 4.99. The van der Waals surface area contributed by atoms with Crippen molar-refractivity contribution in [1.29, 1.82) is 0 Å². The van der Waals surface area contributed by atoms with Crippen molar-refractivity contribution >= 4 is 17.4 Å². The molecule has 0 N–H and O–H groups in total. The third-order valence-corrected chi connectivity index (χ3v) is 1.97. The summed E-state index contributed by atoms with van der Waals surface area (Å²) in [4.78, 5) is 26.3. The molecule has 0 aliphatic carbocycles. The first-order chi connectivity index (χ1) is 8.90. The van der Waals surface area contributed by atoms with E-state index in [4.69, 9.17) is 9.57 Å². The minimum Gasteiger partial charge on any atom is -0.458 e. The fourth-order valence-electron chi connectivity index (χ4n) is 1.09. The van der Waals surface area contributed by atoms with Crippen LogP contribution in [-0.4, -0.2) is 22.7 Å². The molecule has 0 spiro atoms. The Balaban J connectivity index is 2.64. The van der Waals surface area contributed by atoms with Crippen molar-refractivity contribution in [3.63, 3.8) is 0 Å². The Labute approximate surface area is 110 Å². The standard InChI is InChI=1S/C12H14N2O5/c1-8(2)18-12(15)9(3)13-19-11-6-4-10(5-7-11)14(16)17/h4-8H,1-3H3. The first kappa shape index (κ1) is 14.6. The number of non-ortho nitro benzene ring substituents is 1. The molecule has 0 bridgehead atoms. The number of carbonyl (C=O) groups is 1. The van der Waals surface area contributed by atoms with Crippen LogP contribution in [-0.2, 0) is 9.53 Å². The van der Waals surface area contributed by atoms with Gasteiger partial charge in [-0.05, 0) is 32.9 Å².